The molecule has 0 N–H and O–H groups in total. The third-order valence-corrected chi connectivity index (χ3v) is 3.37. The van der Waals surface area contributed by atoms with Crippen LogP contribution in [0.25, 0.3) is 17.0 Å². The molecule has 0 bridgehead atoms. The monoisotopic (exact) mass is 313 g/mol. The lowest BCUT2D eigenvalue weighted by molar-refractivity contribution is -0.145. The number of hydrogen-bond acceptors (Lipinski definition) is 5. The molecule has 2 rings (SSSR count). The minimum Gasteiger partial charge on any atom is -0.460 e. The second-order valence-corrected chi connectivity index (χ2v) is 5.13. The van der Waals surface area contributed by atoms with Crippen molar-refractivity contribution in [3.8, 4) is 6.07 Å². The summed E-state index contributed by atoms with van der Waals surface area (Å²) in [6.45, 7) is 3.94. The number of nitriles is 1. The molecule has 0 spiro atoms. The lowest BCUT2D eigenvalue weighted by atomic mass is 10.1. The summed E-state index contributed by atoms with van der Waals surface area (Å²) in [6, 6.07) is 9.43. The van der Waals surface area contributed by atoms with Crippen molar-refractivity contribution in [3.63, 3.8) is 0 Å². The third-order valence-electron chi connectivity index (χ3n) is 3.37. The molecule has 120 valence electrons. The van der Waals surface area contributed by atoms with Gasteiger partial charge in [-0.1, -0.05) is 25.1 Å². The number of furan rings is 1. The lowest BCUT2D eigenvalue weighted by Crippen LogP contribution is -2.20. The van der Waals surface area contributed by atoms with Crippen molar-refractivity contribution >= 4 is 23.0 Å². The first-order valence-electron chi connectivity index (χ1n) is 7.42. The Balaban J connectivity index is 2.38. The standard InChI is InChI=1S/C18H19NO4/c1-4-16-15(14-7-5-6-8-17(14)23-16)9-13(10-19)18(20)22-12(2)11-21-3/h5-9,12H,4,11H2,1-3H3/b13-9+/t12-/m1/s1. The van der Waals surface area contributed by atoms with Crippen LogP contribution < -0.4 is 0 Å². The van der Waals surface area contributed by atoms with E-state index in [1.165, 1.54) is 13.2 Å². The van der Waals surface area contributed by atoms with Crippen LogP contribution in [0.15, 0.2) is 34.3 Å². The zero-order valence-electron chi connectivity index (χ0n) is 13.5. The van der Waals surface area contributed by atoms with Crippen LogP contribution in [-0.2, 0) is 20.7 Å². The number of carbonyl (C=O) groups excluding carboxylic acids is 1. The number of rotatable bonds is 6. The molecule has 0 unspecified atom stereocenters. The van der Waals surface area contributed by atoms with Crippen LogP contribution in [0.3, 0.4) is 0 Å². The molecule has 0 aliphatic heterocycles. The van der Waals surface area contributed by atoms with Crippen LogP contribution in [0, 0.1) is 11.3 Å². The highest BCUT2D eigenvalue weighted by Crippen LogP contribution is 2.28. The molecule has 0 radical (unpaired) electrons. The fourth-order valence-corrected chi connectivity index (χ4v) is 2.33. The van der Waals surface area contributed by atoms with Gasteiger partial charge in [0.15, 0.2) is 0 Å². The van der Waals surface area contributed by atoms with Gasteiger partial charge in [-0.2, -0.15) is 5.26 Å². The van der Waals surface area contributed by atoms with Gasteiger partial charge in [-0.15, -0.1) is 0 Å². The van der Waals surface area contributed by atoms with Crippen LogP contribution in [0.1, 0.15) is 25.2 Å². The molecule has 23 heavy (non-hydrogen) atoms. The number of carbonyl (C=O) groups is 1. The summed E-state index contributed by atoms with van der Waals surface area (Å²) in [5.41, 5.74) is 1.42. The first-order valence-corrected chi connectivity index (χ1v) is 7.42. The van der Waals surface area contributed by atoms with Crippen molar-refractivity contribution in [2.24, 2.45) is 0 Å². The number of para-hydroxylation sites is 1. The van der Waals surface area contributed by atoms with Crippen LogP contribution >= 0.6 is 0 Å². The largest absolute Gasteiger partial charge is 0.460 e. The highest BCUT2D eigenvalue weighted by Gasteiger charge is 2.18. The van der Waals surface area contributed by atoms with Crippen molar-refractivity contribution in [2.75, 3.05) is 13.7 Å². The molecule has 2 aromatic rings. The van der Waals surface area contributed by atoms with E-state index in [0.717, 1.165) is 22.3 Å². The predicted molar refractivity (Wildman–Crippen MR) is 86.6 cm³/mol. The van der Waals surface area contributed by atoms with Gasteiger partial charge < -0.3 is 13.9 Å². The highest BCUT2D eigenvalue weighted by molar-refractivity contribution is 6.01. The van der Waals surface area contributed by atoms with Crippen molar-refractivity contribution in [1.82, 2.24) is 0 Å². The summed E-state index contributed by atoms with van der Waals surface area (Å²) in [4.78, 5) is 12.1. The summed E-state index contributed by atoms with van der Waals surface area (Å²) in [6.07, 6.45) is 1.77. The molecule has 0 saturated carbocycles. The van der Waals surface area contributed by atoms with Gasteiger partial charge in [0.2, 0.25) is 0 Å². The number of nitrogens with zero attached hydrogens (tertiary/aromatic N) is 1. The van der Waals surface area contributed by atoms with E-state index in [1.807, 2.05) is 37.3 Å². The molecule has 1 heterocycles. The first kappa shape index (κ1) is 16.8. The van der Waals surface area contributed by atoms with Gasteiger partial charge in [0, 0.05) is 24.5 Å². The summed E-state index contributed by atoms with van der Waals surface area (Å²) in [5, 5.41) is 10.2. The highest BCUT2D eigenvalue weighted by atomic mass is 16.6. The van der Waals surface area contributed by atoms with E-state index in [2.05, 4.69) is 0 Å². The van der Waals surface area contributed by atoms with E-state index >= 15 is 0 Å². The predicted octanol–water partition coefficient (Wildman–Crippen LogP) is 3.48. The molecule has 5 heteroatoms. The molecule has 1 atom stereocenters. The van der Waals surface area contributed by atoms with E-state index in [9.17, 15) is 10.1 Å². The van der Waals surface area contributed by atoms with Crippen LogP contribution in [0.2, 0.25) is 0 Å². The summed E-state index contributed by atoms with van der Waals surface area (Å²) < 4.78 is 15.9. The molecule has 0 amide bonds. The molecule has 5 nitrogen and oxygen atoms in total. The minimum atomic E-state index is -0.663. The number of hydrogen-bond donors (Lipinski definition) is 0. The quantitative estimate of drug-likeness (QED) is 0.464. The SMILES string of the molecule is CCc1oc2ccccc2c1/C=C(\C#N)C(=O)O[C@H](C)COC. The van der Waals surface area contributed by atoms with Crippen molar-refractivity contribution in [1.29, 1.82) is 5.26 Å². The Labute approximate surface area is 135 Å². The molecule has 1 aromatic heterocycles. The zero-order valence-corrected chi connectivity index (χ0v) is 13.5. The van der Waals surface area contributed by atoms with Gasteiger partial charge in [-0.05, 0) is 19.1 Å². The fourth-order valence-electron chi connectivity index (χ4n) is 2.33. The Kier molecular flexibility index (Phi) is 5.56. The smallest absolute Gasteiger partial charge is 0.349 e. The normalized spacial score (nSPS) is 12.9. The van der Waals surface area contributed by atoms with Crippen LogP contribution in [-0.4, -0.2) is 25.8 Å². The van der Waals surface area contributed by atoms with E-state index < -0.39 is 12.1 Å². The maximum Gasteiger partial charge on any atom is 0.349 e. The number of methoxy groups -OCH3 is 1. The average molecular weight is 313 g/mol. The number of benzene rings is 1. The Hall–Kier alpha value is -2.58. The molecule has 1 aromatic carbocycles. The van der Waals surface area contributed by atoms with Gasteiger partial charge in [-0.3, -0.25) is 0 Å². The first-order chi connectivity index (χ1) is 11.1. The molecule has 0 fully saturated rings. The summed E-state index contributed by atoms with van der Waals surface area (Å²) >= 11 is 0. The van der Waals surface area contributed by atoms with Gasteiger partial charge in [0.05, 0.1) is 6.61 Å². The van der Waals surface area contributed by atoms with E-state index in [1.54, 1.807) is 6.92 Å². The van der Waals surface area contributed by atoms with E-state index in [4.69, 9.17) is 13.9 Å². The third kappa shape index (κ3) is 3.79. The Morgan fingerprint density at radius 2 is 2.17 bits per heavy atom. The lowest BCUT2D eigenvalue weighted by Gasteiger charge is -2.11. The van der Waals surface area contributed by atoms with E-state index in [0.29, 0.717) is 6.42 Å². The number of esters is 1. The van der Waals surface area contributed by atoms with E-state index in [-0.39, 0.29) is 12.2 Å². The minimum absolute atomic E-state index is 0.0609. The zero-order chi connectivity index (χ0) is 16.8. The van der Waals surface area contributed by atoms with Crippen molar-refractivity contribution in [2.45, 2.75) is 26.4 Å². The van der Waals surface area contributed by atoms with Gasteiger partial charge >= 0.3 is 5.97 Å². The van der Waals surface area contributed by atoms with Gasteiger partial charge in [-0.25, -0.2) is 4.79 Å². The van der Waals surface area contributed by atoms with Gasteiger partial charge in [0.25, 0.3) is 0 Å². The van der Waals surface area contributed by atoms with Crippen molar-refractivity contribution in [3.05, 3.63) is 41.2 Å². The van der Waals surface area contributed by atoms with Crippen LogP contribution in [0.5, 0.6) is 0 Å². The molecule has 0 saturated heterocycles. The topological polar surface area (TPSA) is 72.5 Å². The summed E-state index contributed by atoms with van der Waals surface area (Å²) in [7, 11) is 1.52. The van der Waals surface area contributed by atoms with Crippen LogP contribution in [0.4, 0.5) is 0 Å². The van der Waals surface area contributed by atoms with Gasteiger partial charge in [0.1, 0.15) is 29.1 Å². The second kappa shape index (κ2) is 7.61. The second-order valence-electron chi connectivity index (χ2n) is 5.13. The average Bonchev–Trinajstić information content (AvgIpc) is 2.90. The summed E-state index contributed by atoms with van der Waals surface area (Å²) in [5.74, 6) is 0.0704. The Bertz CT molecular complexity index is 767. The molecular weight excluding hydrogens is 294 g/mol. The maximum absolute atomic E-state index is 12.1. The van der Waals surface area contributed by atoms with Crippen molar-refractivity contribution < 1.29 is 18.7 Å². The fraction of sp³-hybridized carbons (Fsp3) is 0.333. The Morgan fingerprint density at radius 3 is 2.83 bits per heavy atom. The number of ether oxygens (including phenoxy) is 2. The Morgan fingerprint density at radius 1 is 1.43 bits per heavy atom. The molecular formula is C18H19NO4. The number of fused-ring (bicyclic) bond motifs is 1. The number of aryl methyl sites for hydroxylation is 1. The molecule has 0 aliphatic rings. The molecule has 0 aliphatic carbocycles. The maximum atomic E-state index is 12.1.